The van der Waals surface area contributed by atoms with Crippen LogP contribution >= 0.6 is 0 Å². The van der Waals surface area contributed by atoms with Gasteiger partial charge in [0, 0.05) is 0 Å². The third kappa shape index (κ3) is 2.36. The summed E-state index contributed by atoms with van der Waals surface area (Å²) in [5, 5.41) is 5.30. The number of hydrogen-bond donors (Lipinski definition) is 0. The minimum atomic E-state index is 0.983. The summed E-state index contributed by atoms with van der Waals surface area (Å²) in [6.07, 6.45) is 0.983. The Morgan fingerprint density at radius 1 is 0.667 bits per heavy atom. The van der Waals surface area contributed by atoms with Gasteiger partial charge in [0.15, 0.2) is 0 Å². The zero-order chi connectivity index (χ0) is 14.1. The Morgan fingerprint density at radius 3 is 2.33 bits per heavy atom. The fraction of sp³-hybridized carbons (Fsp3) is 0.0500. The standard InChI is InChI=1S/C20H15B/c1-2-7-15(8-3-1)13-17-10-6-11-18-14-16-9-4-5-12-19(16)21-20(17)18/h1-12,14H,13H2. The van der Waals surface area contributed by atoms with Crippen molar-refractivity contribution in [1.29, 1.82) is 0 Å². The molecule has 0 aliphatic rings. The van der Waals surface area contributed by atoms with Crippen LogP contribution in [0, 0.1) is 0 Å². The van der Waals surface area contributed by atoms with E-state index in [0.29, 0.717) is 0 Å². The Bertz CT molecular complexity index is 910. The van der Waals surface area contributed by atoms with Crippen molar-refractivity contribution >= 4 is 28.2 Å². The van der Waals surface area contributed by atoms with Crippen molar-refractivity contribution in [1.82, 2.24) is 0 Å². The number of rotatable bonds is 2. The Hall–Kier alpha value is -2.41. The first-order chi connectivity index (χ1) is 10.4. The van der Waals surface area contributed by atoms with Gasteiger partial charge < -0.3 is 0 Å². The SMILES string of the molecule is b1c2ccccc2cc2cccc(Cc3ccccc3)c12. The second kappa shape index (κ2) is 5.18. The summed E-state index contributed by atoms with van der Waals surface area (Å²) in [5.41, 5.74) is 2.75. The molecule has 0 saturated heterocycles. The molecule has 3 aromatic carbocycles. The van der Waals surface area contributed by atoms with Crippen molar-refractivity contribution < 1.29 is 0 Å². The second-order valence-electron chi connectivity index (χ2n) is 5.50. The van der Waals surface area contributed by atoms with Gasteiger partial charge in [0.1, 0.15) is 0 Å². The average molecular weight is 266 g/mol. The monoisotopic (exact) mass is 266 g/mol. The van der Waals surface area contributed by atoms with Crippen molar-refractivity contribution in [3.8, 4) is 0 Å². The Kier molecular flexibility index (Phi) is 3.04. The van der Waals surface area contributed by atoms with E-state index in [0.717, 1.165) is 6.42 Å². The number of benzene rings is 3. The van der Waals surface area contributed by atoms with E-state index < -0.39 is 0 Å². The van der Waals surface area contributed by atoms with Crippen LogP contribution in [0.25, 0.3) is 21.3 Å². The zero-order valence-corrected chi connectivity index (χ0v) is 11.8. The molecule has 1 heteroatoms. The summed E-state index contributed by atoms with van der Waals surface area (Å²) >= 11 is 0. The van der Waals surface area contributed by atoms with E-state index >= 15 is 0 Å². The molecule has 0 fully saturated rings. The van der Waals surface area contributed by atoms with Gasteiger partial charge in [0.05, 0.1) is 0 Å². The topological polar surface area (TPSA) is 0 Å². The second-order valence-corrected chi connectivity index (χ2v) is 5.50. The quantitative estimate of drug-likeness (QED) is 0.452. The average Bonchev–Trinajstić information content (AvgIpc) is 2.54. The van der Waals surface area contributed by atoms with Crippen LogP contribution in [-0.2, 0) is 6.42 Å². The van der Waals surface area contributed by atoms with E-state index in [1.165, 1.54) is 32.5 Å². The van der Waals surface area contributed by atoms with Gasteiger partial charge in [0.25, 0.3) is 0 Å². The first-order valence-corrected chi connectivity index (χ1v) is 7.34. The van der Waals surface area contributed by atoms with E-state index in [-0.39, 0.29) is 0 Å². The van der Waals surface area contributed by atoms with Crippen molar-refractivity contribution in [2.24, 2.45) is 0 Å². The summed E-state index contributed by atoms with van der Waals surface area (Å²) in [6.45, 7) is 2.32. The normalized spacial score (nSPS) is 10.9. The van der Waals surface area contributed by atoms with Crippen LogP contribution in [-0.4, -0.2) is 6.91 Å². The van der Waals surface area contributed by atoms with Gasteiger partial charge in [-0.15, -0.1) is 0 Å². The first-order valence-electron chi connectivity index (χ1n) is 7.34. The third-order valence-electron chi connectivity index (χ3n) is 4.07. The van der Waals surface area contributed by atoms with Crippen LogP contribution in [0.2, 0.25) is 0 Å². The van der Waals surface area contributed by atoms with Crippen molar-refractivity contribution in [2.75, 3.05) is 0 Å². The molecule has 4 aromatic rings. The molecule has 21 heavy (non-hydrogen) atoms. The maximum atomic E-state index is 2.32. The van der Waals surface area contributed by atoms with E-state index in [2.05, 4.69) is 85.8 Å². The third-order valence-corrected chi connectivity index (χ3v) is 4.07. The molecular weight excluding hydrogens is 251 g/mol. The fourth-order valence-electron chi connectivity index (χ4n) is 3.00. The van der Waals surface area contributed by atoms with E-state index in [1.54, 1.807) is 0 Å². The van der Waals surface area contributed by atoms with Gasteiger partial charge in [-0.05, 0) is 0 Å². The van der Waals surface area contributed by atoms with Crippen molar-refractivity contribution in [2.45, 2.75) is 6.42 Å². The Labute approximate surface area is 125 Å². The van der Waals surface area contributed by atoms with Crippen LogP contribution in [0.3, 0.4) is 0 Å². The first kappa shape index (κ1) is 12.3. The molecule has 0 nitrogen and oxygen atoms in total. The molecule has 0 bridgehead atoms. The minimum absolute atomic E-state index is 0.983. The van der Waals surface area contributed by atoms with Crippen molar-refractivity contribution in [3.63, 3.8) is 0 Å². The molecule has 0 N–H and O–H groups in total. The maximum absolute atomic E-state index is 2.32. The van der Waals surface area contributed by atoms with Crippen LogP contribution in [0.1, 0.15) is 11.1 Å². The molecule has 0 spiro atoms. The molecular formula is C20H15B. The Balaban J connectivity index is 1.90. The van der Waals surface area contributed by atoms with E-state index in [9.17, 15) is 0 Å². The van der Waals surface area contributed by atoms with Gasteiger partial charge >= 0.3 is 125 Å². The van der Waals surface area contributed by atoms with E-state index in [1.807, 2.05) is 0 Å². The summed E-state index contributed by atoms with van der Waals surface area (Å²) in [4.78, 5) is 0. The molecule has 98 valence electrons. The number of fused-ring (bicyclic) bond motifs is 2. The van der Waals surface area contributed by atoms with Gasteiger partial charge in [-0.1, -0.05) is 0 Å². The molecule has 0 aliphatic carbocycles. The molecule has 1 aromatic heterocycles. The van der Waals surface area contributed by atoms with Gasteiger partial charge in [-0.3, -0.25) is 0 Å². The molecule has 4 rings (SSSR count). The molecule has 0 saturated carbocycles. The van der Waals surface area contributed by atoms with Crippen molar-refractivity contribution in [3.05, 3.63) is 90.0 Å². The summed E-state index contributed by atoms with van der Waals surface area (Å²) in [5.74, 6) is 0. The summed E-state index contributed by atoms with van der Waals surface area (Å²) in [7, 11) is 0. The van der Waals surface area contributed by atoms with Crippen LogP contribution in [0.5, 0.6) is 0 Å². The van der Waals surface area contributed by atoms with Crippen LogP contribution in [0.15, 0.2) is 78.9 Å². The molecule has 0 unspecified atom stereocenters. The predicted octanol–water partition coefficient (Wildman–Crippen LogP) is 4.92. The number of hydrogen-bond acceptors (Lipinski definition) is 0. The molecule has 1 heterocycles. The van der Waals surface area contributed by atoms with Gasteiger partial charge in [0.2, 0.25) is 0 Å². The van der Waals surface area contributed by atoms with Gasteiger partial charge in [-0.25, -0.2) is 0 Å². The Morgan fingerprint density at radius 2 is 1.43 bits per heavy atom. The fourth-order valence-corrected chi connectivity index (χ4v) is 3.00. The van der Waals surface area contributed by atoms with E-state index in [4.69, 9.17) is 0 Å². The summed E-state index contributed by atoms with van der Waals surface area (Å²) < 4.78 is 0. The summed E-state index contributed by atoms with van der Waals surface area (Å²) in [6, 6.07) is 28.1. The molecule has 0 amide bonds. The molecule has 0 radical (unpaired) electrons. The molecule has 0 aliphatic heterocycles. The molecule has 0 atom stereocenters. The van der Waals surface area contributed by atoms with Crippen LogP contribution in [0.4, 0.5) is 0 Å². The van der Waals surface area contributed by atoms with Crippen LogP contribution < -0.4 is 0 Å². The predicted molar refractivity (Wildman–Crippen MR) is 92.0 cm³/mol. The van der Waals surface area contributed by atoms with Gasteiger partial charge in [-0.2, -0.15) is 0 Å². The zero-order valence-electron chi connectivity index (χ0n) is 11.8.